The lowest BCUT2D eigenvalue weighted by Crippen LogP contribution is -2.37. The summed E-state index contributed by atoms with van der Waals surface area (Å²) in [6.45, 7) is 3.34. The van der Waals surface area contributed by atoms with E-state index >= 15 is 0 Å². The van der Waals surface area contributed by atoms with Gasteiger partial charge in [0, 0.05) is 15.6 Å². The molecule has 0 saturated carbocycles. The molecule has 0 saturated heterocycles. The van der Waals surface area contributed by atoms with Gasteiger partial charge < -0.3 is 0 Å². The molecular formula is C16H13Cl2NO3S. The number of rotatable bonds is 5. The second-order valence-electron chi connectivity index (χ2n) is 4.60. The van der Waals surface area contributed by atoms with Crippen LogP contribution in [0.25, 0.3) is 0 Å². The van der Waals surface area contributed by atoms with Crippen molar-refractivity contribution in [3.8, 4) is 0 Å². The zero-order valence-corrected chi connectivity index (χ0v) is 14.3. The third kappa shape index (κ3) is 3.93. The lowest BCUT2D eigenvalue weighted by Gasteiger charge is -2.21. The van der Waals surface area contributed by atoms with Crippen molar-refractivity contribution >= 4 is 39.1 Å². The number of benzene rings is 2. The highest BCUT2D eigenvalue weighted by Crippen LogP contribution is 2.23. The Balaban J connectivity index is 2.49. The number of halogens is 2. The maximum Gasteiger partial charge on any atom is 0.268 e. The molecule has 0 heterocycles. The summed E-state index contributed by atoms with van der Waals surface area (Å²) < 4.78 is 26.1. The maximum atomic E-state index is 12.7. The van der Waals surface area contributed by atoms with Crippen molar-refractivity contribution in [1.29, 1.82) is 0 Å². The van der Waals surface area contributed by atoms with Crippen molar-refractivity contribution in [1.82, 2.24) is 4.31 Å². The van der Waals surface area contributed by atoms with Crippen LogP contribution in [-0.4, -0.2) is 25.2 Å². The van der Waals surface area contributed by atoms with Gasteiger partial charge in [-0.3, -0.25) is 4.79 Å². The predicted octanol–water partition coefficient (Wildman–Crippen LogP) is 4.01. The Bertz CT molecular complexity index is 815. The molecular weight excluding hydrogens is 357 g/mol. The number of hydrogen-bond donors (Lipinski definition) is 0. The highest BCUT2D eigenvalue weighted by Gasteiger charge is 2.29. The average Bonchev–Trinajstić information content (AvgIpc) is 2.51. The fourth-order valence-corrected chi connectivity index (χ4v) is 3.86. The van der Waals surface area contributed by atoms with Crippen LogP contribution in [-0.2, 0) is 10.0 Å². The van der Waals surface area contributed by atoms with Gasteiger partial charge >= 0.3 is 0 Å². The molecule has 4 nitrogen and oxygen atoms in total. The zero-order chi connectivity index (χ0) is 17.0. The minimum absolute atomic E-state index is 0.0170. The van der Waals surface area contributed by atoms with Gasteiger partial charge in [0.2, 0.25) is 0 Å². The predicted molar refractivity (Wildman–Crippen MR) is 91.3 cm³/mol. The molecule has 2 aromatic carbocycles. The lowest BCUT2D eigenvalue weighted by molar-refractivity contribution is 0.0871. The summed E-state index contributed by atoms with van der Waals surface area (Å²) in [6, 6.07) is 11.9. The minimum atomic E-state index is -4.01. The van der Waals surface area contributed by atoms with Crippen LogP contribution >= 0.6 is 23.2 Å². The first-order valence-electron chi connectivity index (χ1n) is 6.55. The van der Waals surface area contributed by atoms with Crippen LogP contribution in [0.5, 0.6) is 0 Å². The molecule has 0 aliphatic carbocycles. The summed E-state index contributed by atoms with van der Waals surface area (Å²) >= 11 is 11.8. The van der Waals surface area contributed by atoms with Crippen molar-refractivity contribution in [2.75, 3.05) is 6.54 Å². The van der Waals surface area contributed by atoms with Crippen LogP contribution in [0.15, 0.2) is 66.1 Å². The van der Waals surface area contributed by atoms with Crippen molar-refractivity contribution in [3.05, 3.63) is 76.8 Å². The Labute approximate surface area is 145 Å². The Morgan fingerprint density at radius 3 is 2.17 bits per heavy atom. The molecule has 0 radical (unpaired) electrons. The first kappa shape index (κ1) is 17.5. The van der Waals surface area contributed by atoms with E-state index < -0.39 is 15.9 Å². The van der Waals surface area contributed by atoms with Gasteiger partial charge in [0.05, 0.1) is 11.4 Å². The first-order chi connectivity index (χ1) is 10.9. The van der Waals surface area contributed by atoms with E-state index in [0.717, 1.165) is 4.31 Å². The maximum absolute atomic E-state index is 12.7. The molecule has 0 spiro atoms. The monoisotopic (exact) mass is 369 g/mol. The van der Waals surface area contributed by atoms with E-state index in [1.54, 1.807) is 18.2 Å². The number of hydrogen-bond acceptors (Lipinski definition) is 3. The van der Waals surface area contributed by atoms with Crippen molar-refractivity contribution in [2.45, 2.75) is 4.90 Å². The Morgan fingerprint density at radius 2 is 1.65 bits per heavy atom. The van der Waals surface area contributed by atoms with Gasteiger partial charge in [0.25, 0.3) is 15.9 Å². The van der Waals surface area contributed by atoms with Crippen molar-refractivity contribution in [3.63, 3.8) is 0 Å². The molecule has 0 unspecified atom stereocenters. The normalized spacial score (nSPS) is 11.0. The lowest BCUT2D eigenvalue weighted by atomic mass is 10.2. The summed E-state index contributed by atoms with van der Waals surface area (Å²) in [7, 11) is -4.01. The number of amides is 1. The van der Waals surface area contributed by atoms with E-state index in [1.165, 1.54) is 36.4 Å². The fourth-order valence-electron chi connectivity index (χ4n) is 1.95. The van der Waals surface area contributed by atoms with E-state index in [9.17, 15) is 13.2 Å². The molecule has 2 aromatic rings. The SMILES string of the molecule is C=CCN(C(=O)c1cc(Cl)cc(Cl)c1)S(=O)(=O)c1ccccc1. The van der Waals surface area contributed by atoms with Gasteiger partial charge in [-0.1, -0.05) is 47.5 Å². The highest BCUT2D eigenvalue weighted by molar-refractivity contribution is 7.89. The summed E-state index contributed by atoms with van der Waals surface area (Å²) in [4.78, 5) is 12.7. The molecule has 7 heteroatoms. The molecule has 0 aliphatic rings. The van der Waals surface area contributed by atoms with E-state index in [0.29, 0.717) is 0 Å². The van der Waals surface area contributed by atoms with Gasteiger partial charge in [0.1, 0.15) is 0 Å². The molecule has 0 aliphatic heterocycles. The third-order valence-electron chi connectivity index (χ3n) is 2.96. The molecule has 0 N–H and O–H groups in total. The molecule has 0 fully saturated rings. The van der Waals surface area contributed by atoms with Gasteiger partial charge in [-0.2, -0.15) is 0 Å². The molecule has 0 bridgehead atoms. The Hall–Kier alpha value is -1.82. The zero-order valence-electron chi connectivity index (χ0n) is 11.9. The topological polar surface area (TPSA) is 54.5 Å². The molecule has 0 atom stereocenters. The van der Waals surface area contributed by atoms with E-state index in [4.69, 9.17) is 23.2 Å². The van der Waals surface area contributed by atoms with Gasteiger partial charge in [-0.25, -0.2) is 12.7 Å². The number of sulfonamides is 1. The standard InChI is InChI=1S/C16H13Cl2NO3S/c1-2-8-19(23(21,22)15-6-4-3-5-7-15)16(20)12-9-13(17)11-14(18)10-12/h2-7,9-11H,1,8H2. The van der Waals surface area contributed by atoms with Crippen molar-refractivity contribution < 1.29 is 13.2 Å². The van der Waals surface area contributed by atoms with E-state index in [-0.39, 0.29) is 27.0 Å². The quantitative estimate of drug-likeness (QED) is 0.748. The molecule has 1 amide bonds. The van der Waals surface area contributed by atoms with Gasteiger partial charge in [0.15, 0.2) is 0 Å². The smallest absolute Gasteiger partial charge is 0.268 e. The molecule has 23 heavy (non-hydrogen) atoms. The third-order valence-corrected chi connectivity index (χ3v) is 5.16. The highest BCUT2D eigenvalue weighted by atomic mass is 35.5. The molecule has 120 valence electrons. The number of carbonyl (C=O) groups excluding carboxylic acids is 1. The average molecular weight is 370 g/mol. The van der Waals surface area contributed by atoms with Crippen LogP contribution in [0.3, 0.4) is 0 Å². The largest absolute Gasteiger partial charge is 0.268 e. The summed E-state index contributed by atoms with van der Waals surface area (Å²) in [5, 5.41) is 0.494. The Morgan fingerprint density at radius 1 is 1.09 bits per heavy atom. The Kier molecular flexibility index (Phi) is 5.46. The molecule has 2 rings (SSSR count). The van der Waals surface area contributed by atoms with Gasteiger partial charge in [-0.15, -0.1) is 6.58 Å². The summed E-state index contributed by atoms with van der Waals surface area (Å²) in [5.41, 5.74) is 0.0869. The fraction of sp³-hybridized carbons (Fsp3) is 0.0625. The van der Waals surface area contributed by atoms with E-state index in [1.807, 2.05) is 0 Å². The van der Waals surface area contributed by atoms with Crippen molar-refractivity contribution in [2.24, 2.45) is 0 Å². The number of carbonyl (C=O) groups is 1. The summed E-state index contributed by atoms with van der Waals surface area (Å²) in [6.07, 6.45) is 1.34. The van der Waals surface area contributed by atoms with Crippen LogP contribution < -0.4 is 0 Å². The second kappa shape index (κ2) is 7.17. The van der Waals surface area contributed by atoms with Crippen LogP contribution in [0, 0.1) is 0 Å². The summed E-state index contributed by atoms with van der Waals surface area (Å²) in [5.74, 6) is -0.724. The first-order valence-corrected chi connectivity index (χ1v) is 8.75. The van der Waals surface area contributed by atoms with Gasteiger partial charge in [-0.05, 0) is 30.3 Å². The van der Waals surface area contributed by atoms with Crippen LogP contribution in [0.4, 0.5) is 0 Å². The van der Waals surface area contributed by atoms with E-state index in [2.05, 4.69) is 6.58 Å². The van der Waals surface area contributed by atoms with Crippen LogP contribution in [0.1, 0.15) is 10.4 Å². The van der Waals surface area contributed by atoms with Crippen LogP contribution in [0.2, 0.25) is 10.0 Å². The molecule has 0 aromatic heterocycles. The second-order valence-corrected chi connectivity index (χ2v) is 7.34. The minimum Gasteiger partial charge on any atom is -0.268 e. The number of nitrogens with zero attached hydrogens (tertiary/aromatic N) is 1.